The number of amides is 1. The van der Waals surface area contributed by atoms with Crippen molar-refractivity contribution in [3.05, 3.63) is 63.9 Å². The van der Waals surface area contributed by atoms with Crippen molar-refractivity contribution in [2.75, 3.05) is 12.9 Å². The van der Waals surface area contributed by atoms with E-state index in [-0.39, 0.29) is 17.2 Å². The van der Waals surface area contributed by atoms with Gasteiger partial charge in [-0.05, 0) is 36.8 Å². The number of nitrogens with one attached hydrogen (secondary N) is 1. The average molecular weight is 383 g/mol. The number of rotatable bonds is 6. The lowest BCUT2D eigenvalue weighted by molar-refractivity contribution is -0.118. The summed E-state index contributed by atoms with van der Waals surface area (Å²) in [6.45, 7) is 2.36. The van der Waals surface area contributed by atoms with Crippen molar-refractivity contribution in [3.8, 4) is 5.75 Å². The molecular weight excluding hydrogens is 362 g/mol. The highest BCUT2D eigenvalue weighted by Gasteiger charge is 2.11. The number of carbonyl (C=O) groups is 1. The van der Waals surface area contributed by atoms with Gasteiger partial charge in [0.15, 0.2) is 5.16 Å². The van der Waals surface area contributed by atoms with Crippen LogP contribution in [0.15, 0.2) is 52.4 Å². The Morgan fingerprint density at radius 1 is 1.26 bits per heavy atom. The normalized spacial score (nSPS) is 10.8. The summed E-state index contributed by atoms with van der Waals surface area (Å²) in [7, 11) is 3.28. The first-order valence-corrected chi connectivity index (χ1v) is 9.46. The Morgan fingerprint density at radius 2 is 2.07 bits per heavy atom. The quantitative estimate of drug-likeness (QED) is 0.523. The van der Waals surface area contributed by atoms with E-state index in [1.165, 1.54) is 16.3 Å². The van der Waals surface area contributed by atoms with Crippen LogP contribution in [0, 0.1) is 6.92 Å². The van der Waals surface area contributed by atoms with Gasteiger partial charge >= 0.3 is 0 Å². The minimum atomic E-state index is -0.124. The van der Waals surface area contributed by atoms with E-state index in [2.05, 4.69) is 10.3 Å². The minimum absolute atomic E-state index is 0.108. The predicted molar refractivity (Wildman–Crippen MR) is 107 cm³/mol. The molecule has 1 aromatic heterocycles. The smallest absolute Gasteiger partial charge is 0.261 e. The second kappa shape index (κ2) is 8.26. The predicted octanol–water partition coefficient (Wildman–Crippen LogP) is 2.66. The molecule has 3 rings (SSSR count). The molecule has 1 heterocycles. The van der Waals surface area contributed by atoms with Gasteiger partial charge in [-0.1, -0.05) is 35.5 Å². The molecule has 0 spiro atoms. The van der Waals surface area contributed by atoms with Crippen LogP contribution in [-0.4, -0.2) is 28.3 Å². The Kier molecular flexibility index (Phi) is 5.81. The molecule has 0 bridgehead atoms. The van der Waals surface area contributed by atoms with E-state index in [9.17, 15) is 9.59 Å². The molecule has 0 aliphatic carbocycles. The molecule has 7 heteroatoms. The lowest BCUT2D eigenvalue weighted by atomic mass is 10.2. The zero-order valence-corrected chi connectivity index (χ0v) is 16.3. The number of carbonyl (C=O) groups excluding carboxylic acids is 1. The van der Waals surface area contributed by atoms with Crippen LogP contribution < -0.4 is 15.6 Å². The highest BCUT2D eigenvalue weighted by atomic mass is 32.2. The van der Waals surface area contributed by atoms with E-state index in [0.29, 0.717) is 22.6 Å². The third-order valence-corrected chi connectivity index (χ3v) is 5.18. The summed E-state index contributed by atoms with van der Waals surface area (Å²) < 4.78 is 6.66. The third-order valence-electron chi connectivity index (χ3n) is 4.15. The molecule has 0 aliphatic rings. The van der Waals surface area contributed by atoms with Crippen LogP contribution in [-0.2, 0) is 18.4 Å². The second-order valence-corrected chi connectivity index (χ2v) is 7.14. The molecule has 0 saturated heterocycles. The van der Waals surface area contributed by atoms with E-state index in [0.717, 1.165) is 16.9 Å². The number of aryl methyl sites for hydroxylation is 1. The van der Waals surface area contributed by atoms with Crippen LogP contribution in [0.4, 0.5) is 0 Å². The topological polar surface area (TPSA) is 73.2 Å². The molecule has 1 N–H and O–H groups in total. The molecule has 3 aromatic rings. The van der Waals surface area contributed by atoms with Crippen LogP contribution in [0.5, 0.6) is 5.75 Å². The monoisotopic (exact) mass is 383 g/mol. The molecule has 0 saturated carbocycles. The Bertz CT molecular complexity index is 1050. The molecule has 6 nitrogen and oxygen atoms in total. The van der Waals surface area contributed by atoms with Gasteiger partial charge in [0, 0.05) is 13.6 Å². The van der Waals surface area contributed by atoms with Gasteiger partial charge in [0.2, 0.25) is 5.91 Å². The summed E-state index contributed by atoms with van der Waals surface area (Å²) in [5.74, 6) is 0.810. The zero-order valence-electron chi connectivity index (χ0n) is 15.5. The summed E-state index contributed by atoms with van der Waals surface area (Å²) in [6.07, 6.45) is 0. The van der Waals surface area contributed by atoms with E-state index in [1.54, 1.807) is 14.2 Å². The number of benzene rings is 2. The highest BCUT2D eigenvalue weighted by molar-refractivity contribution is 7.99. The van der Waals surface area contributed by atoms with E-state index >= 15 is 0 Å². The van der Waals surface area contributed by atoms with Crippen molar-refractivity contribution in [1.29, 1.82) is 0 Å². The molecule has 2 aromatic carbocycles. The minimum Gasteiger partial charge on any atom is -0.497 e. The van der Waals surface area contributed by atoms with Crippen molar-refractivity contribution < 1.29 is 9.53 Å². The number of ether oxygens (including phenoxy) is 1. The Balaban J connectivity index is 1.65. The van der Waals surface area contributed by atoms with Gasteiger partial charge in [0.05, 0.1) is 23.8 Å². The SMILES string of the molecule is COc1cccc(CNC(=O)CSc2nc3ccc(C)cc3c(=O)n2C)c1. The molecule has 0 fully saturated rings. The third kappa shape index (κ3) is 4.49. The molecule has 1 amide bonds. The number of fused-ring (bicyclic) bond motifs is 1. The van der Waals surface area contributed by atoms with Crippen molar-refractivity contribution in [3.63, 3.8) is 0 Å². The first kappa shape index (κ1) is 19.0. The van der Waals surface area contributed by atoms with Gasteiger partial charge in [-0.25, -0.2) is 4.98 Å². The van der Waals surface area contributed by atoms with Crippen LogP contribution in [0.1, 0.15) is 11.1 Å². The average Bonchev–Trinajstić information content (AvgIpc) is 2.68. The first-order chi connectivity index (χ1) is 13.0. The molecule has 0 aliphatic heterocycles. The standard InChI is InChI=1S/C20H21N3O3S/c1-13-7-8-17-16(9-13)19(25)23(2)20(22-17)27-12-18(24)21-11-14-5-4-6-15(10-14)26-3/h4-10H,11-12H2,1-3H3,(H,21,24). The van der Waals surface area contributed by atoms with Crippen molar-refractivity contribution >= 4 is 28.6 Å². The fourth-order valence-corrected chi connectivity index (χ4v) is 3.46. The Morgan fingerprint density at radius 3 is 2.85 bits per heavy atom. The van der Waals surface area contributed by atoms with E-state index in [4.69, 9.17) is 4.74 Å². The Labute approximate surface area is 161 Å². The second-order valence-electron chi connectivity index (χ2n) is 6.20. The maximum absolute atomic E-state index is 12.5. The maximum atomic E-state index is 12.5. The molecule has 0 atom stereocenters. The summed E-state index contributed by atoms with van der Waals surface area (Å²) in [5, 5.41) is 3.98. The zero-order chi connectivity index (χ0) is 19.4. The summed E-state index contributed by atoms with van der Waals surface area (Å²) in [5.41, 5.74) is 2.50. The fourth-order valence-electron chi connectivity index (χ4n) is 2.66. The summed E-state index contributed by atoms with van der Waals surface area (Å²) in [6, 6.07) is 13.1. The number of hydrogen-bond donors (Lipinski definition) is 1. The van der Waals surface area contributed by atoms with Gasteiger partial charge in [-0.15, -0.1) is 0 Å². The lowest BCUT2D eigenvalue weighted by Crippen LogP contribution is -2.26. The number of nitrogens with zero attached hydrogens (tertiary/aromatic N) is 2. The molecule has 0 unspecified atom stereocenters. The summed E-state index contributed by atoms with van der Waals surface area (Å²) in [4.78, 5) is 29.2. The van der Waals surface area contributed by atoms with Gasteiger partial charge < -0.3 is 10.1 Å². The van der Waals surface area contributed by atoms with Gasteiger partial charge in [0.25, 0.3) is 5.56 Å². The molecule has 140 valence electrons. The number of thioether (sulfide) groups is 1. The van der Waals surface area contributed by atoms with Crippen LogP contribution in [0.25, 0.3) is 10.9 Å². The van der Waals surface area contributed by atoms with Gasteiger partial charge in [-0.2, -0.15) is 0 Å². The molecule has 0 radical (unpaired) electrons. The van der Waals surface area contributed by atoms with E-state index in [1.807, 2.05) is 49.4 Å². The van der Waals surface area contributed by atoms with Crippen molar-refractivity contribution in [2.24, 2.45) is 7.05 Å². The largest absolute Gasteiger partial charge is 0.497 e. The van der Waals surface area contributed by atoms with Gasteiger partial charge in [0.1, 0.15) is 5.75 Å². The first-order valence-electron chi connectivity index (χ1n) is 8.48. The number of hydrogen-bond acceptors (Lipinski definition) is 5. The molecule has 27 heavy (non-hydrogen) atoms. The number of methoxy groups -OCH3 is 1. The van der Waals surface area contributed by atoms with Crippen molar-refractivity contribution in [2.45, 2.75) is 18.6 Å². The van der Waals surface area contributed by atoms with Crippen LogP contribution in [0.2, 0.25) is 0 Å². The molecular formula is C20H21N3O3S. The lowest BCUT2D eigenvalue weighted by Gasteiger charge is -2.10. The fraction of sp³-hybridized carbons (Fsp3) is 0.250. The van der Waals surface area contributed by atoms with Crippen LogP contribution >= 0.6 is 11.8 Å². The highest BCUT2D eigenvalue weighted by Crippen LogP contribution is 2.18. The Hall–Kier alpha value is -2.80. The van der Waals surface area contributed by atoms with Gasteiger partial charge in [-0.3, -0.25) is 14.2 Å². The van der Waals surface area contributed by atoms with Crippen molar-refractivity contribution in [1.82, 2.24) is 14.9 Å². The van der Waals surface area contributed by atoms with Crippen LogP contribution in [0.3, 0.4) is 0 Å². The van der Waals surface area contributed by atoms with E-state index < -0.39 is 0 Å². The summed E-state index contributed by atoms with van der Waals surface area (Å²) >= 11 is 1.25. The maximum Gasteiger partial charge on any atom is 0.261 e. The number of aromatic nitrogens is 2.